The van der Waals surface area contributed by atoms with Gasteiger partial charge in [-0.1, -0.05) is 23.2 Å². The SMILES string of the molecule is Nc1cc(Cl)c(Cl)cc1NCc1ncc[nH]1. The van der Waals surface area contributed by atoms with E-state index in [4.69, 9.17) is 28.9 Å². The number of nitrogen functional groups attached to an aromatic ring is 1. The van der Waals surface area contributed by atoms with Crippen LogP contribution in [0.3, 0.4) is 0 Å². The molecule has 0 bridgehead atoms. The van der Waals surface area contributed by atoms with Gasteiger partial charge in [0.1, 0.15) is 5.82 Å². The minimum Gasteiger partial charge on any atom is -0.397 e. The third kappa shape index (κ3) is 2.40. The minimum atomic E-state index is 0.447. The highest BCUT2D eigenvalue weighted by Crippen LogP contribution is 2.30. The van der Waals surface area contributed by atoms with E-state index in [9.17, 15) is 0 Å². The molecular formula is C10H10Cl2N4. The number of nitrogens with zero attached hydrogens (tertiary/aromatic N) is 1. The van der Waals surface area contributed by atoms with Gasteiger partial charge < -0.3 is 16.0 Å². The van der Waals surface area contributed by atoms with Crippen LogP contribution in [0.1, 0.15) is 5.82 Å². The zero-order valence-electron chi connectivity index (χ0n) is 8.30. The Morgan fingerprint density at radius 1 is 1.31 bits per heavy atom. The molecule has 0 fully saturated rings. The first kappa shape index (κ1) is 11.1. The molecule has 0 saturated heterocycles. The summed E-state index contributed by atoms with van der Waals surface area (Å²) >= 11 is 11.7. The molecule has 0 unspecified atom stereocenters. The van der Waals surface area contributed by atoms with Crippen LogP contribution in [0, 0.1) is 0 Å². The Kier molecular flexibility index (Phi) is 3.22. The average Bonchev–Trinajstić information content (AvgIpc) is 2.74. The second-order valence-corrected chi connectivity index (χ2v) is 4.06. The van der Waals surface area contributed by atoms with Crippen molar-refractivity contribution in [1.29, 1.82) is 0 Å². The largest absolute Gasteiger partial charge is 0.397 e. The van der Waals surface area contributed by atoms with Crippen molar-refractivity contribution in [3.63, 3.8) is 0 Å². The Morgan fingerprint density at radius 3 is 2.75 bits per heavy atom. The first-order valence-electron chi connectivity index (χ1n) is 4.63. The molecule has 0 aliphatic rings. The Bertz CT molecular complexity index is 482. The van der Waals surface area contributed by atoms with Crippen LogP contribution >= 0.6 is 23.2 Å². The number of hydrogen-bond donors (Lipinski definition) is 3. The number of rotatable bonds is 3. The third-order valence-electron chi connectivity index (χ3n) is 2.09. The Hall–Kier alpha value is -1.39. The number of aromatic nitrogens is 2. The normalized spacial score (nSPS) is 10.4. The molecule has 0 radical (unpaired) electrons. The highest BCUT2D eigenvalue weighted by atomic mass is 35.5. The summed E-state index contributed by atoms with van der Waals surface area (Å²) in [6, 6.07) is 3.32. The van der Waals surface area contributed by atoms with Crippen molar-refractivity contribution in [3.8, 4) is 0 Å². The molecule has 2 aromatic rings. The van der Waals surface area contributed by atoms with Crippen LogP contribution in [0.25, 0.3) is 0 Å². The number of halogens is 2. The van der Waals surface area contributed by atoms with Gasteiger partial charge in [0, 0.05) is 12.4 Å². The van der Waals surface area contributed by atoms with E-state index in [2.05, 4.69) is 15.3 Å². The molecule has 0 saturated carbocycles. The fraction of sp³-hybridized carbons (Fsp3) is 0.100. The standard InChI is InChI=1S/C10H10Cl2N4/c11-6-3-8(13)9(4-7(6)12)16-5-10-14-1-2-15-10/h1-4,16H,5,13H2,(H,14,15). The fourth-order valence-corrected chi connectivity index (χ4v) is 1.62. The van der Waals surface area contributed by atoms with Crippen molar-refractivity contribution < 1.29 is 0 Å². The van der Waals surface area contributed by atoms with Gasteiger partial charge in [0.15, 0.2) is 0 Å². The zero-order valence-corrected chi connectivity index (χ0v) is 9.81. The maximum absolute atomic E-state index is 5.90. The van der Waals surface area contributed by atoms with Gasteiger partial charge in [-0.25, -0.2) is 4.98 Å². The number of anilines is 2. The van der Waals surface area contributed by atoms with Gasteiger partial charge in [-0.05, 0) is 12.1 Å². The van der Waals surface area contributed by atoms with Gasteiger partial charge in [0.25, 0.3) is 0 Å². The summed E-state index contributed by atoms with van der Waals surface area (Å²) in [6.45, 7) is 0.551. The molecule has 1 aromatic carbocycles. The maximum atomic E-state index is 5.90. The molecule has 4 N–H and O–H groups in total. The van der Waals surface area contributed by atoms with Gasteiger partial charge in [0.05, 0.1) is 28.0 Å². The number of nitrogens with one attached hydrogen (secondary N) is 2. The smallest absolute Gasteiger partial charge is 0.125 e. The van der Waals surface area contributed by atoms with E-state index in [0.717, 1.165) is 11.5 Å². The lowest BCUT2D eigenvalue weighted by atomic mass is 10.2. The molecule has 0 amide bonds. The van der Waals surface area contributed by atoms with Crippen LogP contribution in [0.4, 0.5) is 11.4 Å². The van der Waals surface area contributed by atoms with Crippen LogP contribution in [0.5, 0.6) is 0 Å². The summed E-state index contributed by atoms with van der Waals surface area (Å²) < 4.78 is 0. The maximum Gasteiger partial charge on any atom is 0.125 e. The molecule has 0 aliphatic carbocycles. The van der Waals surface area contributed by atoms with E-state index < -0.39 is 0 Å². The highest BCUT2D eigenvalue weighted by Gasteiger charge is 2.05. The van der Waals surface area contributed by atoms with Gasteiger partial charge >= 0.3 is 0 Å². The van der Waals surface area contributed by atoms with E-state index in [1.54, 1.807) is 24.5 Å². The van der Waals surface area contributed by atoms with Gasteiger partial charge in [-0.2, -0.15) is 0 Å². The predicted molar refractivity (Wildman–Crippen MR) is 66.8 cm³/mol. The van der Waals surface area contributed by atoms with Crippen LogP contribution < -0.4 is 11.1 Å². The number of benzene rings is 1. The Labute approximate surface area is 103 Å². The number of H-pyrrole nitrogens is 1. The summed E-state index contributed by atoms with van der Waals surface area (Å²) in [5.74, 6) is 0.825. The summed E-state index contributed by atoms with van der Waals surface area (Å²) in [5.41, 5.74) is 7.09. The number of nitrogens with two attached hydrogens (primary N) is 1. The van der Waals surface area contributed by atoms with Crippen LogP contribution in [-0.2, 0) is 6.54 Å². The fourth-order valence-electron chi connectivity index (χ4n) is 1.29. The van der Waals surface area contributed by atoms with E-state index in [0.29, 0.717) is 22.3 Å². The molecule has 16 heavy (non-hydrogen) atoms. The van der Waals surface area contributed by atoms with Crippen molar-refractivity contribution in [2.24, 2.45) is 0 Å². The predicted octanol–water partition coefficient (Wildman–Crippen LogP) is 2.91. The number of hydrogen-bond acceptors (Lipinski definition) is 3. The number of aromatic amines is 1. The molecule has 0 aliphatic heterocycles. The zero-order chi connectivity index (χ0) is 11.5. The van der Waals surface area contributed by atoms with Gasteiger partial charge in [-0.15, -0.1) is 0 Å². The molecule has 0 atom stereocenters. The molecule has 2 rings (SSSR count). The van der Waals surface area contributed by atoms with Crippen molar-refractivity contribution in [2.75, 3.05) is 11.1 Å². The van der Waals surface area contributed by atoms with Crippen molar-refractivity contribution in [3.05, 3.63) is 40.4 Å². The van der Waals surface area contributed by atoms with E-state index in [-0.39, 0.29) is 0 Å². The average molecular weight is 257 g/mol. The lowest BCUT2D eigenvalue weighted by molar-refractivity contribution is 1.00. The van der Waals surface area contributed by atoms with Crippen molar-refractivity contribution >= 4 is 34.6 Å². The van der Waals surface area contributed by atoms with E-state index in [1.807, 2.05) is 0 Å². The number of imidazole rings is 1. The summed E-state index contributed by atoms with van der Waals surface area (Å²) in [5, 5.41) is 4.04. The topological polar surface area (TPSA) is 66.7 Å². The molecule has 0 spiro atoms. The highest BCUT2D eigenvalue weighted by molar-refractivity contribution is 6.42. The molecule has 1 aromatic heterocycles. The second kappa shape index (κ2) is 4.63. The van der Waals surface area contributed by atoms with Crippen molar-refractivity contribution in [2.45, 2.75) is 6.54 Å². The lowest BCUT2D eigenvalue weighted by Crippen LogP contribution is -2.03. The Morgan fingerprint density at radius 2 is 2.06 bits per heavy atom. The summed E-state index contributed by atoms with van der Waals surface area (Å²) in [6.07, 6.45) is 3.45. The van der Waals surface area contributed by atoms with E-state index >= 15 is 0 Å². The van der Waals surface area contributed by atoms with Crippen LogP contribution in [0.15, 0.2) is 24.5 Å². The first-order valence-corrected chi connectivity index (χ1v) is 5.39. The molecule has 6 heteroatoms. The van der Waals surface area contributed by atoms with Gasteiger partial charge in [0.2, 0.25) is 0 Å². The molecule has 1 heterocycles. The minimum absolute atomic E-state index is 0.447. The van der Waals surface area contributed by atoms with E-state index in [1.165, 1.54) is 0 Å². The molecule has 4 nitrogen and oxygen atoms in total. The van der Waals surface area contributed by atoms with Crippen LogP contribution in [0.2, 0.25) is 10.0 Å². The monoisotopic (exact) mass is 256 g/mol. The molecule has 84 valence electrons. The Balaban J connectivity index is 2.12. The quantitative estimate of drug-likeness (QED) is 0.740. The second-order valence-electron chi connectivity index (χ2n) is 3.24. The summed E-state index contributed by atoms with van der Waals surface area (Å²) in [4.78, 5) is 7.06. The summed E-state index contributed by atoms with van der Waals surface area (Å²) in [7, 11) is 0. The first-order chi connectivity index (χ1) is 7.66. The third-order valence-corrected chi connectivity index (χ3v) is 2.82. The lowest BCUT2D eigenvalue weighted by Gasteiger charge is -2.09. The van der Waals surface area contributed by atoms with Crippen molar-refractivity contribution in [1.82, 2.24) is 9.97 Å². The van der Waals surface area contributed by atoms with Gasteiger partial charge in [-0.3, -0.25) is 0 Å². The molecular weight excluding hydrogens is 247 g/mol. The van der Waals surface area contributed by atoms with Crippen LogP contribution in [-0.4, -0.2) is 9.97 Å².